The van der Waals surface area contributed by atoms with Crippen LogP contribution in [0.5, 0.6) is 5.75 Å². The summed E-state index contributed by atoms with van der Waals surface area (Å²) in [5.74, 6) is 0.368. The number of benzene rings is 1. The molecule has 2 atom stereocenters. The van der Waals surface area contributed by atoms with Gasteiger partial charge in [-0.05, 0) is 31.4 Å². The Morgan fingerprint density at radius 3 is 1.88 bits per heavy atom. The van der Waals surface area contributed by atoms with Crippen LogP contribution in [0.25, 0.3) is 0 Å². The predicted octanol–water partition coefficient (Wildman–Crippen LogP) is 1.92. The molecule has 0 bridgehead atoms. The summed E-state index contributed by atoms with van der Waals surface area (Å²) in [6, 6.07) is 7.81. The van der Waals surface area contributed by atoms with Gasteiger partial charge in [0.15, 0.2) is 0 Å². The van der Waals surface area contributed by atoms with Crippen LogP contribution in [0, 0.1) is 6.92 Å². The van der Waals surface area contributed by atoms with Gasteiger partial charge in [0.25, 0.3) is 0 Å². The Labute approximate surface area is 97.5 Å². The molecule has 3 nitrogen and oxygen atoms in total. The summed E-state index contributed by atoms with van der Waals surface area (Å²) in [6.45, 7) is 1.87. The number of aromatic hydroxyl groups is 1. The first-order chi connectivity index (χ1) is 7.61. The van der Waals surface area contributed by atoms with Gasteiger partial charge in [-0.3, -0.25) is 0 Å². The summed E-state index contributed by atoms with van der Waals surface area (Å²) in [4.78, 5) is 0. The molecular formula is C13H22N2O. The lowest BCUT2D eigenvalue weighted by Crippen LogP contribution is -2.43. The average Bonchev–Trinajstić information content (AvgIpc) is 2.28. The molecule has 2 rings (SSSR count). The lowest BCUT2D eigenvalue weighted by Gasteiger charge is -2.24. The highest BCUT2D eigenvalue weighted by Crippen LogP contribution is 2.14. The van der Waals surface area contributed by atoms with Gasteiger partial charge in [-0.25, -0.2) is 0 Å². The van der Waals surface area contributed by atoms with Crippen LogP contribution in [0.1, 0.15) is 31.2 Å². The maximum atomic E-state index is 8.92. The molecule has 3 heteroatoms. The topological polar surface area (TPSA) is 72.3 Å². The monoisotopic (exact) mass is 222 g/mol. The summed E-state index contributed by atoms with van der Waals surface area (Å²) < 4.78 is 0. The molecular weight excluding hydrogens is 200 g/mol. The van der Waals surface area contributed by atoms with Crippen molar-refractivity contribution in [2.45, 2.75) is 44.7 Å². The van der Waals surface area contributed by atoms with E-state index in [1.165, 1.54) is 12.8 Å². The number of rotatable bonds is 0. The Hall–Kier alpha value is -1.06. The van der Waals surface area contributed by atoms with Gasteiger partial charge in [0.1, 0.15) is 5.75 Å². The third kappa shape index (κ3) is 4.21. The van der Waals surface area contributed by atoms with Crippen LogP contribution >= 0.6 is 0 Å². The molecule has 90 valence electrons. The summed E-state index contributed by atoms with van der Waals surface area (Å²) in [7, 11) is 0. The molecule has 0 amide bonds. The van der Waals surface area contributed by atoms with Crippen molar-refractivity contribution in [3.05, 3.63) is 29.8 Å². The van der Waals surface area contributed by atoms with Crippen LogP contribution in [-0.4, -0.2) is 17.2 Å². The normalized spacial score (nSPS) is 24.4. The second kappa shape index (κ2) is 6.51. The smallest absolute Gasteiger partial charge is 0.118 e. The minimum atomic E-state index is 0.281. The summed E-state index contributed by atoms with van der Waals surface area (Å²) in [6.07, 6.45) is 4.80. The number of para-hydroxylation sites is 1. The van der Waals surface area contributed by atoms with Crippen molar-refractivity contribution in [3.63, 3.8) is 0 Å². The number of hydrogen-bond acceptors (Lipinski definition) is 3. The van der Waals surface area contributed by atoms with Crippen molar-refractivity contribution >= 4 is 0 Å². The van der Waals surface area contributed by atoms with Crippen molar-refractivity contribution in [2.75, 3.05) is 0 Å². The van der Waals surface area contributed by atoms with E-state index in [9.17, 15) is 0 Å². The Bertz CT molecular complexity index is 284. The average molecular weight is 222 g/mol. The van der Waals surface area contributed by atoms with Crippen molar-refractivity contribution in [3.8, 4) is 5.75 Å². The zero-order valence-corrected chi connectivity index (χ0v) is 9.89. The number of hydrogen-bond donors (Lipinski definition) is 3. The van der Waals surface area contributed by atoms with E-state index < -0.39 is 0 Å². The summed E-state index contributed by atoms with van der Waals surface area (Å²) in [5, 5.41) is 8.92. The molecule has 1 aliphatic rings. The minimum Gasteiger partial charge on any atom is -0.508 e. The van der Waals surface area contributed by atoms with Crippen LogP contribution in [0.3, 0.4) is 0 Å². The molecule has 5 N–H and O–H groups in total. The minimum absolute atomic E-state index is 0.281. The predicted molar refractivity (Wildman–Crippen MR) is 67.3 cm³/mol. The highest BCUT2D eigenvalue weighted by molar-refractivity contribution is 5.29. The van der Waals surface area contributed by atoms with Gasteiger partial charge in [0, 0.05) is 12.1 Å². The first kappa shape index (κ1) is 13.0. The van der Waals surface area contributed by atoms with Gasteiger partial charge >= 0.3 is 0 Å². The van der Waals surface area contributed by atoms with Gasteiger partial charge in [0.2, 0.25) is 0 Å². The van der Waals surface area contributed by atoms with Crippen molar-refractivity contribution in [2.24, 2.45) is 11.5 Å². The van der Waals surface area contributed by atoms with Crippen LogP contribution < -0.4 is 11.5 Å². The van der Waals surface area contributed by atoms with Gasteiger partial charge in [0.05, 0.1) is 0 Å². The summed E-state index contributed by atoms with van der Waals surface area (Å²) in [5.41, 5.74) is 12.2. The molecule has 0 spiro atoms. The Morgan fingerprint density at radius 2 is 1.56 bits per heavy atom. The number of phenolic OH excluding ortho intramolecular Hbond substituents is 1. The van der Waals surface area contributed by atoms with E-state index >= 15 is 0 Å². The molecule has 2 unspecified atom stereocenters. The van der Waals surface area contributed by atoms with E-state index in [0.717, 1.165) is 18.4 Å². The van der Waals surface area contributed by atoms with Crippen molar-refractivity contribution in [1.29, 1.82) is 0 Å². The number of nitrogens with two attached hydrogens (primary N) is 2. The number of phenols is 1. The van der Waals surface area contributed by atoms with E-state index in [1.807, 2.05) is 25.1 Å². The fourth-order valence-corrected chi connectivity index (χ4v) is 1.75. The fraction of sp³-hybridized carbons (Fsp3) is 0.538. The molecule has 1 aromatic carbocycles. The summed E-state index contributed by atoms with van der Waals surface area (Å²) >= 11 is 0. The second-order valence-corrected chi connectivity index (χ2v) is 4.40. The zero-order chi connectivity index (χ0) is 12.0. The standard InChI is InChI=1S/C7H8O.C6H14N2/c1-6-4-2-3-5-7(6)8;7-5-3-1-2-4-6(5)8/h2-5,8H,1H3;5-6H,1-4,7-8H2. The second-order valence-electron chi connectivity index (χ2n) is 4.40. The molecule has 0 radical (unpaired) electrons. The highest BCUT2D eigenvalue weighted by atomic mass is 16.3. The zero-order valence-electron chi connectivity index (χ0n) is 9.89. The Balaban J connectivity index is 0.000000160. The van der Waals surface area contributed by atoms with Crippen molar-refractivity contribution in [1.82, 2.24) is 0 Å². The van der Waals surface area contributed by atoms with Crippen molar-refractivity contribution < 1.29 is 5.11 Å². The van der Waals surface area contributed by atoms with E-state index in [4.69, 9.17) is 16.6 Å². The molecule has 0 heterocycles. The molecule has 0 aromatic heterocycles. The van der Waals surface area contributed by atoms with Gasteiger partial charge < -0.3 is 16.6 Å². The largest absolute Gasteiger partial charge is 0.508 e. The van der Waals surface area contributed by atoms with Gasteiger partial charge in [-0.15, -0.1) is 0 Å². The SMILES string of the molecule is Cc1ccccc1O.NC1CCCCC1N. The van der Waals surface area contributed by atoms with Gasteiger partial charge in [-0.2, -0.15) is 0 Å². The maximum absolute atomic E-state index is 8.92. The third-order valence-corrected chi connectivity index (χ3v) is 2.99. The van der Waals surface area contributed by atoms with E-state index in [0.29, 0.717) is 5.75 Å². The van der Waals surface area contributed by atoms with E-state index in [2.05, 4.69) is 0 Å². The van der Waals surface area contributed by atoms with E-state index in [1.54, 1.807) is 6.07 Å². The lowest BCUT2D eigenvalue weighted by atomic mass is 9.92. The molecule has 1 aromatic rings. The fourth-order valence-electron chi connectivity index (χ4n) is 1.75. The quantitative estimate of drug-likeness (QED) is 0.628. The molecule has 1 aliphatic carbocycles. The Morgan fingerprint density at radius 1 is 1.06 bits per heavy atom. The lowest BCUT2D eigenvalue weighted by molar-refractivity contribution is 0.385. The first-order valence-corrected chi connectivity index (χ1v) is 5.87. The molecule has 1 fully saturated rings. The highest BCUT2D eigenvalue weighted by Gasteiger charge is 2.16. The van der Waals surface area contributed by atoms with Crippen LogP contribution in [0.2, 0.25) is 0 Å². The third-order valence-electron chi connectivity index (χ3n) is 2.99. The number of aryl methyl sites for hydroxylation is 1. The molecule has 0 saturated heterocycles. The van der Waals surface area contributed by atoms with Gasteiger partial charge in [-0.1, -0.05) is 31.0 Å². The molecule has 1 saturated carbocycles. The van der Waals surface area contributed by atoms with Crippen LogP contribution in [0.15, 0.2) is 24.3 Å². The molecule has 0 aliphatic heterocycles. The Kier molecular flexibility index (Phi) is 5.29. The first-order valence-electron chi connectivity index (χ1n) is 5.87. The maximum Gasteiger partial charge on any atom is 0.118 e. The van der Waals surface area contributed by atoms with Crippen LogP contribution in [-0.2, 0) is 0 Å². The van der Waals surface area contributed by atoms with E-state index in [-0.39, 0.29) is 12.1 Å². The van der Waals surface area contributed by atoms with Crippen LogP contribution in [0.4, 0.5) is 0 Å². The molecule has 16 heavy (non-hydrogen) atoms.